The van der Waals surface area contributed by atoms with Crippen LogP contribution in [-0.4, -0.2) is 30.3 Å². The maximum absolute atomic E-state index is 12.9. The molecule has 1 aromatic heterocycles. The first-order valence-corrected chi connectivity index (χ1v) is 13.0. The number of rotatable bonds is 7. The summed E-state index contributed by atoms with van der Waals surface area (Å²) in [5.41, 5.74) is 0.876. The van der Waals surface area contributed by atoms with Crippen LogP contribution < -0.4 is 10.2 Å². The van der Waals surface area contributed by atoms with Crippen molar-refractivity contribution in [2.24, 2.45) is 5.92 Å². The lowest BCUT2D eigenvalue weighted by molar-refractivity contribution is -0.117. The largest absolute Gasteiger partial charge is 0.348 e. The molecule has 0 bridgehead atoms. The Morgan fingerprint density at radius 3 is 2.24 bits per heavy atom. The number of carbonyl (C=O) groups is 1. The molecule has 7 nitrogen and oxygen atoms in total. The van der Waals surface area contributed by atoms with Gasteiger partial charge in [-0.25, -0.2) is 13.4 Å². The van der Waals surface area contributed by atoms with E-state index in [0.29, 0.717) is 29.1 Å². The maximum atomic E-state index is 12.9. The predicted octanol–water partition coefficient (Wildman–Crippen LogP) is 5.29. The number of nitrogens with one attached hydrogen (secondary N) is 1. The zero-order valence-corrected chi connectivity index (χ0v) is 20.8. The van der Waals surface area contributed by atoms with Crippen molar-refractivity contribution in [2.45, 2.75) is 55.5 Å². The van der Waals surface area contributed by atoms with Gasteiger partial charge in [-0.1, -0.05) is 37.6 Å². The number of hydrogen-bond donors (Lipinski definition) is 1. The van der Waals surface area contributed by atoms with Crippen LogP contribution >= 0.6 is 11.6 Å². The van der Waals surface area contributed by atoms with E-state index in [1.54, 1.807) is 53.6 Å². The molecule has 1 amide bonds. The van der Waals surface area contributed by atoms with Crippen LogP contribution in [0.2, 0.25) is 5.02 Å². The number of nitrogens with zero attached hydrogens (tertiary/aromatic N) is 3. The van der Waals surface area contributed by atoms with Gasteiger partial charge >= 0.3 is 0 Å². The Bertz CT molecular complexity index is 1280. The fourth-order valence-corrected chi connectivity index (χ4v) is 5.54. The first-order chi connectivity index (χ1) is 16.2. The molecule has 1 aliphatic heterocycles. The van der Waals surface area contributed by atoms with E-state index in [9.17, 15) is 13.2 Å². The van der Waals surface area contributed by atoms with Gasteiger partial charge in [-0.3, -0.25) is 9.69 Å². The van der Waals surface area contributed by atoms with Crippen LogP contribution in [0.25, 0.3) is 0 Å². The zero-order chi connectivity index (χ0) is 24.5. The molecular formula is C25H27ClN4O3S. The van der Waals surface area contributed by atoms with Gasteiger partial charge in [0.15, 0.2) is 0 Å². The van der Waals surface area contributed by atoms with Gasteiger partial charge < -0.3 is 5.32 Å². The summed E-state index contributed by atoms with van der Waals surface area (Å²) in [6, 6.07) is 14.5. The van der Waals surface area contributed by atoms with Gasteiger partial charge in [0.2, 0.25) is 21.7 Å². The van der Waals surface area contributed by atoms with Gasteiger partial charge in [0.1, 0.15) is 5.82 Å². The van der Waals surface area contributed by atoms with Gasteiger partial charge in [-0.15, -0.1) is 0 Å². The zero-order valence-electron chi connectivity index (χ0n) is 19.3. The number of hydrogen-bond acceptors (Lipinski definition) is 6. The number of anilines is 2. The second-order valence-corrected chi connectivity index (χ2v) is 11.1. The van der Waals surface area contributed by atoms with Crippen LogP contribution in [0.3, 0.4) is 0 Å². The average Bonchev–Trinajstić information content (AvgIpc) is 3.21. The minimum Gasteiger partial charge on any atom is -0.348 e. The molecule has 2 aromatic carbocycles. The van der Waals surface area contributed by atoms with E-state index in [1.165, 1.54) is 12.1 Å². The fourth-order valence-electron chi connectivity index (χ4n) is 4.15. The average molecular weight is 499 g/mol. The molecule has 0 spiro atoms. The Hall–Kier alpha value is -2.97. The summed E-state index contributed by atoms with van der Waals surface area (Å²) in [5.74, 6) is 1.41. The highest BCUT2D eigenvalue weighted by atomic mass is 35.5. The van der Waals surface area contributed by atoms with Crippen LogP contribution in [0.5, 0.6) is 0 Å². The van der Waals surface area contributed by atoms with Gasteiger partial charge in [0, 0.05) is 23.7 Å². The second kappa shape index (κ2) is 9.72. The Balaban J connectivity index is 1.50. The summed E-state index contributed by atoms with van der Waals surface area (Å²) in [6.07, 6.45) is 2.99. The minimum absolute atomic E-state index is 0.0777. The molecule has 0 aliphatic carbocycles. The topological polar surface area (TPSA) is 92.3 Å². The van der Waals surface area contributed by atoms with E-state index in [2.05, 4.69) is 29.1 Å². The van der Waals surface area contributed by atoms with Crippen molar-refractivity contribution >= 4 is 39.1 Å². The third kappa shape index (κ3) is 4.93. The second-order valence-electron chi connectivity index (χ2n) is 8.74. The molecule has 4 rings (SSSR count). The summed E-state index contributed by atoms with van der Waals surface area (Å²) in [4.78, 5) is 23.5. The fraction of sp³-hybridized carbons (Fsp3) is 0.320. The Morgan fingerprint density at radius 1 is 1.00 bits per heavy atom. The summed E-state index contributed by atoms with van der Waals surface area (Å²) >= 11 is 5.87. The van der Waals surface area contributed by atoms with Crippen LogP contribution in [0.4, 0.5) is 11.8 Å². The third-order valence-electron chi connectivity index (χ3n) is 6.07. The number of carbonyl (C=O) groups excluding carboxylic acids is 1. The molecule has 0 radical (unpaired) electrons. The van der Waals surface area contributed by atoms with Gasteiger partial charge in [0.25, 0.3) is 0 Å². The third-order valence-corrected chi connectivity index (χ3v) is 8.11. The van der Waals surface area contributed by atoms with Crippen LogP contribution in [-0.2, 0) is 14.6 Å². The standard InChI is InChI=1S/C25H27ClN4O3S/c1-16(2)22-12-13-24(31)30(22)23-14-15-27-25(29-23)28-17(3)18-4-8-20(9-5-18)34(32,33)21-10-6-19(26)7-11-21/h4-11,14-17,22H,12-13H2,1-3H3,(H,27,28,29)/t17-,22+/m0/s1. The Kier molecular flexibility index (Phi) is 6.91. The van der Waals surface area contributed by atoms with Gasteiger partial charge in [0.05, 0.1) is 15.8 Å². The molecule has 9 heteroatoms. The molecule has 0 unspecified atom stereocenters. The molecule has 1 saturated heterocycles. The lowest BCUT2D eigenvalue weighted by atomic mass is 10.0. The molecule has 0 saturated carbocycles. The molecule has 2 atom stereocenters. The number of amides is 1. The summed E-state index contributed by atoms with van der Waals surface area (Å²) in [5, 5.41) is 3.73. The van der Waals surface area contributed by atoms with Crippen molar-refractivity contribution in [1.29, 1.82) is 0 Å². The molecule has 34 heavy (non-hydrogen) atoms. The normalized spacial score (nSPS) is 17.3. The van der Waals surface area contributed by atoms with E-state index in [4.69, 9.17) is 11.6 Å². The van der Waals surface area contributed by atoms with E-state index in [-0.39, 0.29) is 27.8 Å². The Morgan fingerprint density at radius 2 is 1.62 bits per heavy atom. The van der Waals surface area contributed by atoms with Gasteiger partial charge in [-0.05, 0) is 67.3 Å². The van der Waals surface area contributed by atoms with Crippen molar-refractivity contribution < 1.29 is 13.2 Å². The number of aromatic nitrogens is 2. The van der Waals surface area contributed by atoms with Crippen molar-refractivity contribution in [1.82, 2.24) is 9.97 Å². The van der Waals surface area contributed by atoms with Crippen molar-refractivity contribution in [3.8, 4) is 0 Å². The molecule has 2 heterocycles. The van der Waals surface area contributed by atoms with E-state index < -0.39 is 9.84 Å². The highest BCUT2D eigenvalue weighted by Crippen LogP contribution is 2.30. The van der Waals surface area contributed by atoms with Crippen LogP contribution in [0, 0.1) is 5.92 Å². The predicted molar refractivity (Wildman–Crippen MR) is 133 cm³/mol. The smallest absolute Gasteiger partial charge is 0.228 e. The van der Waals surface area contributed by atoms with E-state index >= 15 is 0 Å². The first-order valence-electron chi connectivity index (χ1n) is 11.2. The highest BCUT2D eigenvalue weighted by molar-refractivity contribution is 7.91. The monoisotopic (exact) mass is 498 g/mol. The molecule has 1 fully saturated rings. The van der Waals surface area contributed by atoms with Crippen molar-refractivity contribution in [3.05, 3.63) is 71.4 Å². The number of halogens is 1. The molecule has 1 N–H and O–H groups in total. The minimum atomic E-state index is -3.63. The van der Waals surface area contributed by atoms with Crippen LogP contribution in [0.15, 0.2) is 70.6 Å². The quantitative estimate of drug-likeness (QED) is 0.476. The van der Waals surface area contributed by atoms with Crippen molar-refractivity contribution in [2.75, 3.05) is 10.2 Å². The van der Waals surface area contributed by atoms with E-state index in [1.807, 2.05) is 6.92 Å². The molecule has 1 aliphatic rings. The van der Waals surface area contributed by atoms with E-state index in [0.717, 1.165) is 12.0 Å². The SMILES string of the molecule is CC(C)[C@H]1CCC(=O)N1c1ccnc(N[C@@H](C)c2ccc(S(=O)(=O)c3ccc(Cl)cc3)cc2)n1. The van der Waals surface area contributed by atoms with Gasteiger partial charge in [-0.2, -0.15) is 4.98 Å². The van der Waals surface area contributed by atoms with Crippen LogP contribution in [0.1, 0.15) is 45.2 Å². The molecule has 178 valence electrons. The summed E-state index contributed by atoms with van der Waals surface area (Å²) in [7, 11) is -3.63. The summed E-state index contributed by atoms with van der Waals surface area (Å²) in [6.45, 7) is 6.15. The maximum Gasteiger partial charge on any atom is 0.228 e. The lowest BCUT2D eigenvalue weighted by Crippen LogP contribution is -2.37. The lowest BCUT2D eigenvalue weighted by Gasteiger charge is -2.27. The number of sulfone groups is 1. The highest BCUT2D eigenvalue weighted by Gasteiger charge is 2.35. The van der Waals surface area contributed by atoms with Crippen molar-refractivity contribution in [3.63, 3.8) is 0 Å². The first kappa shape index (κ1) is 24.2. The summed E-state index contributed by atoms with van der Waals surface area (Å²) < 4.78 is 25.7. The Labute approximate surface area is 205 Å². The molecular weight excluding hydrogens is 472 g/mol. The molecule has 3 aromatic rings. The number of benzene rings is 2.